The van der Waals surface area contributed by atoms with Gasteiger partial charge in [-0.05, 0) is 57.9 Å². The minimum atomic E-state index is -0.832. The molecule has 0 spiro atoms. The number of anilines is 1. The Hall–Kier alpha value is -4.58. The van der Waals surface area contributed by atoms with E-state index in [1.807, 2.05) is 31.1 Å². The monoisotopic (exact) mass is 569 g/mol. The second kappa shape index (κ2) is 11.9. The third-order valence-electron chi connectivity index (χ3n) is 4.96. The molecular weight excluding hydrogens is 549 g/mol. The number of hydrogen-bond donors (Lipinski definition) is 3. The number of carbonyl (C=O) groups is 2. The number of aromatic hydroxyl groups is 1. The van der Waals surface area contributed by atoms with Crippen molar-refractivity contribution >= 4 is 51.4 Å². The molecular formula is C25H21BrFN5O5. The number of hydrogen-bond acceptors (Lipinski definition) is 7. The molecule has 0 heterocycles. The van der Waals surface area contributed by atoms with Crippen molar-refractivity contribution in [2.75, 3.05) is 19.0 Å². The Labute approximate surface area is 219 Å². The zero-order valence-electron chi connectivity index (χ0n) is 19.6. The summed E-state index contributed by atoms with van der Waals surface area (Å²) in [6.07, 6.45) is 2.42. The average Bonchev–Trinajstić information content (AvgIpc) is 2.86. The minimum Gasteiger partial charge on any atom is -0.506 e. The molecule has 0 bridgehead atoms. The van der Waals surface area contributed by atoms with E-state index < -0.39 is 22.6 Å². The Bertz CT molecular complexity index is 1410. The average molecular weight is 570 g/mol. The number of phenolic OH excluding ortho intramolecular Hbond substituents is 1. The Morgan fingerprint density at radius 1 is 1.14 bits per heavy atom. The van der Waals surface area contributed by atoms with E-state index in [9.17, 15) is 29.2 Å². The quantitative estimate of drug-likeness (QED) is 0.161. The lowest BCUT2D eigenvalue weighted by Crippen LogP contribution is -2.32. The fraction of sp³-hybridized carbons (Fsp3) is 0.0800. The van der Waals surface area contributed by atoms with Crippen molar-refractivity contribution in [3.8, 4) is 5.75 Å². The van der Waals surface area contributed by atoms with Gasteiger partial charge in [-0.1, -0.05) is 18.2 Å². The number of hydrazone groups is 1. The van der Waals surface area contributed by atoms with Crippen molar-refractivity contribution in [2.45, 2.75) is 0 Å². The highest BCUT2D eigenvalue weighted by molar-refractivity contribution is 9.10. The molecule has 0 aliphatic carbocycles. The zero-order chi connectivity index (χ0) is 27.1. The summed E-state index contributed by atoms with van der Waals surface area (Å²) in [7, 11) is 3.75. The van der Waals surface area contributed by atoms with Crippen molar-refractivity contribution in [1.29, 1.82) is 0 Å². The summed E-state index contributed by atoms with van der Waals surface area (Å²) in [5.74, 6) is -2.49. The van der Waals surface area contributed by atoms with Crippen molar-refractivity contribution in [1.82, 2.24) is 10.7 Å². The van der Waals surface area contributed by atoms with E-state index >= 15 is 0 Å². The molecule has 10 nitrogen and oxygen atoms in total. The second-order valence-electron chi connectivity index (χ2n) is 7.83. The first-order valence-electron chi connectivity index (χ1n) is 10.6. The first-order valence-corrected chi connectivity index (χ1v) is 11.4. The van der Waals surface area contributed by atoms with E-state index in [2.05, 4.69) is 31.8 Å². The van der Waals surface area contributed by atoms with E-state index in [-0.39, 0.29) is 32.7 Å². The predicted molar refractivity (Wildman–Crippen MR) is 141 cm³/mol. The van der Waals surface area contributed by atoms with Gasteiger partial charge in [-0.25, -0.2) is 9.82 Å². The Morgan fingerprint density at radius 2 is 1.84 bits per heavy atom. The Morgan fingerprint density at radius 3 is 2.46 bits per heavy atom. The van der Waals surface area contributed by atoms with Crippen LogP contribution in [0.5, 0.6) is 5.75 Å². The maximum Gasteiger partial charge on any atom is 0.287 e. The maximum absolute atomic E-state index is 13.6. The molecule has 37 heavy (non-hydrogen) atoms. The molecule has 0 aliphatic rings. The van der Waals surface area contributed by atoms with Crippen LogP contribution in [0.3, 0.4) is 0 Å². The number of amides is 2. The van der Waals surface area contributed by atoms with Gasteiger partial charge in [0, 0.05) is 43.0 Å². The highest BCUT2D eigenvalue weighted by Crippen LogP contribution is 2.31. The summed E-state index contributed by atoms with van der Waals surface area (Å²) < 4.78 is 13.6. The molecule has 3 N–H and O–H groups in total. The van der Waals surface area contributed by atoms with Crippen molar-refractivity contribution < 1.29 is 24.0 Å². The molecule has 0 aliphatic heterocycles. The summed E-state index contributed by atoms with van der Waals surface area (Å²) in [5.41, 5.74) is 3.17. The molecule has 3 aromatic carbocycles. The molecule has 190 valence electrons. The summed E-state index contributed by atoms with van der Waals surface area (Å²) >= 11 is 3.02. The van der Waals surface area contributed by atoms with Gasteiger partial charge in [0.05, 0.1) is 15.6 Å². The fourth-order valence-corrected chi connectivity index (χ4v) is 3.51. The number of nitro groups is 1. The number of benzene rings is 3. The molecule has 0 saturated heterocycles. The normalized spacial score (nSPS) is 11.3. The van der Waals surface area contributed by atoms with E-state index in [1.54, 1.807) is 12.1 Å². The van der Waals surface area contributed by atoms with Gasteiger partial charge in [0.15, 0.2) is 0 Å². The van der Waals surface area contributed by atoms with Crippen LogP contribution in [0.4, 0.5) is 15.8 Å². The molecule has 0 radical (unpaired) electrons. The van der Waals surface area contributed by atoms with Gasteiger partial charge in [-0.2, -0.15) is 5.10 Å². The summed E-state index contributed by atoms with van der Waals surface area (Å²) in [4.78, 5) is 37.9. The number of carbonyl (C=O) groups excluding carboxylic acids is 2. The van der Waals surface area contributed by atoms with E-state index in [0.29, 0.717) is 5.56 Å². The largest absolute Gasteiger partial charge is 0.506 e. The van der Waals surface area contributed by atoms with Crippen molar-refractivity contribution in [2.24, 2.45) is 5.10 Å². The topological polar surface area (TPSA) is 137 Å². The number of nitrogens with zero attached hydrogens (tertiary/aromatic N) is 3. The van der Waals surface area contributed by atoms with Crippen LogP contribution >= 0.6 is 15.9 Å². The number of nitrogens with one attached hydrogen (secondary N) is 2. The molecule has 3 rings (SSSR count). The van der Waals surface area contributed by atoms with Gasteiger partial charge in [-0.15, -0.1) is 0 Å². The first-order chi connectivity index (χ1) is 17.5. The van der Waals surface area contributed by atoms with Crippen LogP contribution in [0.25, 0.3) is 6.08 Å². The zero-order valence-corrected chi connectivity index (χ0v) is 21.2. The summed E-state index contributed by atoms with van der Waals surface area (Å²) in [6, 6.07) is 14.3. The summed E-state index contributed by atoms with van der Waals surface area (Å²) in [6.45, 7) is 0. The van der Waals surface area contributed by atoms with Gasteiger partial charge in [-0.3, -0.25) is 19.7 Å². The number of rotatable bonds is 8. The lowest BCUT2D eigenvalue weighted by molar-refractivity contribution is -0.385. The fourth-order valence-electron chi connectivity index (χ4n) is 3.05. The SMILES string of the molecule is CN(C)c1ccc(/C=C(\NC(=O)c2cccc(F)c2)C(=O)N/N=C/c2cc([N+](=O)[O-])cc(Br)c2O)cc1. The van der Waals surface area contributed by atoms with E-state index in [1.165, 1.54) is 24.3 Å². The summed E-state index contributed by atoms with van der Waals surface area (Å²) in [5, 5.41) is 27.4. The third kappa shape index (κ3) is 7.21. The van der Waals surface area contributed by atoms with Crippen LogP contribution in [0.2, 0.25) is 0 Å². The molecule has 0 saturated carbocycles. The van der Waals surface area contributed by atoms with Crippen molar-refractivity contribution in [3.05, 3.63) is 103 Å². The highest BCUT2D eigenvalue weighted by atomic mass is 79.9. The van der Waals surface area contributed by atoms with Crippen LogP contribution in [0.1, 0.15) is 21.5 Å². The molecule has 0 atom stereocenters. The van der Waals surface area contributed by atoms with Crippen LogP contribution in [-0.2, 0) is 4.79 Å². The van der Waals surface area contributed by atoms with Crippen LogP contribution < -0.4 is 15.6 Å². The van der Waals surface area contributed by atoms with Gasteiger partial charge in [0.1, 0.15) is 17.3 Å². The number of nitro benzene ring substituents is 1. The molecule has 0 unspecified atom stereocenters. The smallest absolute Gasteiger partial charge is 0.287 e. The van der Waals surface area contributed by atoms with Gasteiger partial charge in [0.25, 0.3) is 17.5 Å². The van der Waals surface area contributed by atoms with Crippen LogP contribution in [0.15, 0.2) is 75.9 Å². The first kappa shape index (κ1) is 27.0. The molecule has 2 amide bonds. The van der Waals surface area contributed by atoms with E-state index in [4.69, 9.17) is 0 Å². The Kier molecular flexibility index (Phi) is 8.69. The lowest BCUT2D eigenvalue weighted by atomic mass is 10.1. The molecule has 0 fully saturated rings. The van der Waals surface area contributed by atoms with Crippen molar-refractivity contribution in [3.63, 3.8) is 0 Å². The van der Waals surface area contributed by atoms with Gasteiger partial charge >= 0.3 is 0 Å². The standard InChI is InChI=1S/C25H21BrFN5O5/c1-31(2)19-8-6-15(7-9-19)10-22(29-24(34)16-4-3-5-18(27)11-16)25(35)30-28-14-17-12-20(32(36)37)13-21(26)23(17)33/h3-14,33H,1-2H3,(H,29,34)(H,30,35)/b22-10-,28-14+. The number of halogens is 2. The number of phenols is 1. The molecule has 3 aromatic rings. The highest BCUT2D eigenvalue weighted by Gasteiger charge is 2.16. The van der Waals surface area contributed by atoms with Gasteiger partial charge in [0.2, 0.25) is 0 Å². The van der Waals surface area contributed by atoms with Crippen LogP contribution in [-0.4, -0.2) is 42.2 Å². The van der Waals surface area contributed by atoms with E-state index in [0.717, 1.165) is 30.1 Å². The second-order valence-corrected chi connectivity index (χ2v) is 8.68. The predicted octanol–water partition coefficient (Wildman–Crippen LogP) is 4.19. The van der Waals surface area contributed by atoms with Crippen LogP contribution in [0, 0.1) is 15.9 Å². The van der Waals surface area contributed by atoms with Gasteiger partial charge < -0.3 is 15.3 Å². The molecule has 12 heteroatoms. The maximum atomic E-state index is 13.6. The minimum absolute atomic E-state index is 0.00322. The third-order valence-corrected chi connectivity index (χ3v) is 5.56. The molecule has 0 aromatic heterocycles. The lowest BCUT2D eigenvalue weighted by Gasteiger charge is -2.13. The Balaban J connectivity index is 1.88. The number of non-ortho nitro benzene ring substituents is 1.